The summed E-state index contributed by atoms with van der Waals surface area (Å²) < 4.78 is 8.91. The summed E-state index contributed by atoms with van der Waals surface area (Å²) >= 11 is 2.82. The SMILES string of the molecule is CCn1c(COc2ccc(C(C)C)cc2)nnc1SCC(=O)Nc1nc2ccccc2s1. The number of fused-ring (bicyclic) bond motifs is 1. The van der Waals surface area contributed by atoms with Crippen LogP contribution in [0, 0.1) is 0 Å². The number of carbonyl (C=O) groups excluding carboxylic acids is 1. The number of hydrogen-bond donors (Lipinski definition) is 1. The van der Waals surface area contributed by atoms with E-state index >= 15 is 0 Å². The maximum atomic E-state index is 12.4. The van der Waals surface area contributed by atoms with Crippen LogP contribution in [0.3, 0.4) is 0 Å². The number of carbonyl (C=O) groups is 1. The molecular formula is C23H25N5O2S2. The van der Waals surface area contributed by atoms with Crippen molar-refractivity contribution in [3.8, 4) is 5.75 Å². The molecule has 1 N–H and O–H groups in total. The summed E-state index contributed by atoms with van der Waals surface area (Å²) in [7, 11) is 0. The van der Waals surface area contributed by atoms with Crippen LogP contribution < -0.4 is 10.1 Å². The van der Waals surface area contributed by atoms with Crippen molar-refractivity contribution >= 4 is 44.4 Å². The first-order chi connectivity index (χ1) is 15.5. The minimum absolute atomic E-state index is 0.122. The first-order valence-electron chi connectivity index (χ1n) is 10.5. The van der Waals surface area contributed by atoms with Gasteiger partial charge in [0.15, 0.2) is 16.1 Å². The lowest BCUT2D eigenvalue weighted by Crippen LogP contribution is -2.14. The number of ether oxygens (including phenoxy) is 1. The predicted octanol–water partition coefficient (Wildman–Crippen LogP) is 5.34. The molecule has 0 radical (unpaired) electrons. The van der Waals surface area contributed by atoms with Crippen molar-refractivity contribution in [2.45, 2.75) is 45.0 Å². The largest absolute Gasteiger partial charge is 0.486 e. The summed E-state index contributed by atoms with van der Waals surface area (Å²) in [5, 5.41) is 12.7. The van der Waals surface area contributed by atoms with E-state index in [1.807, 2.05) is 47.9 Å². The van der Waals surface area contributed by atoms with Crippen molar-refractivity contribution in [3.05, 3.63) is 59.9 Å². The summed E-state index contributed by atoms with van der Waals surface area (Å²) in [6, 6.07) is 15.9. The highest BCUT2D eigenvalue weighted by molar-refractivity contribution is 7.99. The normalized spacial score (nSPS) is 11.2. The number of thioether (sulfide) groups is 1. The van der Waals surface area contributed by atoms with E-state index in [0.717, 1.165) is 21.8 Å². The van der Waals surface area contributed by atoms with Crippen LogP contribution >= 0.6 is 23.1 Å². The standard InChI is InChI=1S/C23H25N5O2S2/c1-4-28-20(13-30-17-11-9-16(10-12-17)15(2)3)26-27-23(28)31-14-21(29)25-22-24-18-7-5-6-8-19(18)32-22/h5-12,15H,4,13-14H2,1-3H3,(H,24,25,29). The van der Waals surface area contributed by atoms with E-state index in [9.17, 15) is 4.79 Å². The van der Waals surface area contributed by atoms with Gasteiger partial charge in [-0.15, -0.1) is 10.2 Å². The maximum absolute atomic E-state index is 12.4. The van der Waals surface area contributed by atoms with Crippen LogP contribution in [-0.2, 0) is 17.9 Å². The highest BCUT2D eigenvalue weighted by atomic mass is 32.2. The quantitative estimate of drug-likeness (QED) is 0.335. The van der Waals surface area contributed by atoms with Gasteiger partial charge in [-0.1, -0.05) is 61.2 Å². The molecule has 7 nitrogen and oxygen atoms in total. The molecule has 1 amide bonds. The van der Waals surface area contributed by atoms with Gasteiger partial charge in [0.25, 0.3) is 0 Å². The second-order valence-electron chi connectivity index (χ2n) is 7.48. The molecule has 2 aromatic carbocycles. The monoisotopic (exact) mass is 467 g/mol. The number of aromatic nitrogens is 4. The van der Waals surface area contributed by atoms with Gasteiger partial charge in [0, 0.05) is 6.54 Å². The number of rotatable bonds is 9. The van der Waals surface area contributed by atoms with Gasteiger partial charge in [-0.3, -0.25) is 4.79 Å². The van der Waals surface area contributed by atoms with Gasteiger partial charge < -0.3 is 14.6 Å². The molecule has 0 saturated carbocycles. The number of thiazole rings is 1. The number of para-hydroxylation sites is 1. The third-order valence-electron chi connectivity index (χ3n) is 4.90. The smallest absolute Gasteiger partial charge is 0.236 e. The van der Waals surface area contributed by atoms with Gasteiger partial charge in [-0.25, -0.2) is 4.98 Å². The van der Waals surface area contributed by atoms with Crippen LogP contribution in [0.15, 0.2) is 53.7 Å². The minimum atomic E-state index is -0.122. The van der Waals surface area contributed by atoms with Crippen molar-refractivity contribution in [2.24, 2.45) is 0 Å². The molecule has 0 aliphatic carbocycles. The van der Waals surface area contributed by atoms with E-state index < -0.39 is 0 Å². The van der Waals surface area contributed by atoms with Crippen molar-refractivity contribution in [3.63, 3.8) is 0 Å². The number of hydrogen-bond acceptors (Lipinski definition) is 7. The van der Waals surface area contributed by atoms with Crippen molar-refractivity contribution in [1.82, 2.24) is 19.7 Å². The topological polar surface area (TPSA) is 81.9 Å². The first kappa shape index (κ1) is 22.3. The van der Waals surface area contributed by atoms with Crippen LogP contribution in [0.25, 0.3) is 10.2 Å². The third kappa shape index (κ3) is 5.28. The summed E-state index contributed by atoms with van der Waals surface area (Å²) in [4.78, 5) is 16.8. The highest BCUT2D eigenvalue weighted by Crippen LogP contribution is 2.26. The van der Waals surface area contributed by atoms with Crippen LogP contribution in [0.2, 0.25) is 0 Å². The van der Waals surface area contributed by atoms with E-state index in [1.54, 1.807) is 0 Å². The number of benzene rings is 2. The maximum Gasteiger partial charge on any atom is 0.236 e. The van der Waals surface area contributed by atoms with Crippen molar-refractivity contribution in [2.75, 3.05) is 11.1 Å². The van der Waals surface area contributed by atoms with Crippen LogP contribution in [0.4, 0.5) is 5.13 Å². The zero-order valence-corrected chi connectivity index (χ0v) is 19.9. The Hall–Kier alpha value is -2.91. The fourth-order valence-electron chi connectivity index (χ4n) is 3.16. The first-order valence-corrected chi connectivity index (χ1v) is 12.3. The molecule has 4 aromatic rings. The Bertz CT molecular complexity index is 1170. The average molecular weight is 468 g/mol. The van der Waals surface area contributed by atoms with Crippen LogP contribution in [0.5, 0.6) is 5.75 Å². The van der Waals surface area contributed by atoms with E-state index in [0.29, 0.717) is 29.4 Å². The molecule has 0 bridgehead atoms. The summed E-state index contributed by atoms with van der Waals surface area (Å²) in [6.07, 6.45) is 0. The van der Waals surface area contributed by atoms with Crippen LogP contribution in [0.1, 0.15) is 38.1 Å². The molecule has 2 aromatic heterocycles. The molecule has 9 heteroatoms. The molecule has 0 spiro atoms. The molecule has 0 fully saturated rings. The molecule has 4 rings (SSSR count). The molecular weight excluding hydrogens is 442 g/mol. The molecule has 0 atom stereocenters. The van der Waals surface area contributed by atoms with Crippen molar-refractivity contribution in [1.29, 1.82) is 0 Å². The Morgan fingerprint density at radius 1 is 1.16 bits per heavy atom. The third-order valence-corrected chi connectivity index (χ3v) is 6.82. The minimum Gasteiger partial charge on any atom is -0.486 e. The predicted molar refractivity (Wildman–Crippen MR) is 130 cm³/mol. The number of amides is 1. The lowest BCUT2D eigenvalue weighted by molar-refractivity contribution is -0.113. The zero-order valence-electron chi connectivity index (χ0n) is 18.2. The summed E-state index contributed by atoms with van der Waals surface area (Å²) in [6.45, 7) is 7.37. The Morgan fingerprint density at radius 3 is 2.66 bits per heavy atom. The van der Waals surface area contributed by atoms with Gasteiger partial charge in [0.2, 0.25) is 5.91 Å². The van der Waals surface area contributed by atoms with Crippen LogP contribution in [-0.4, -0.2) is 31.4 Å². The summed E-state index contributed by atoms with van der Waals surface area (Å²) in [5.74, 6) is 2.12. The Balaban J connectivity index is 1.33. The van der Waals surface area contributed by atoms with E-state index in [-0.39, 0.29) is 11.7 Å². The zero-order chi connectivity index (χ0) is 22.5. The highest BCUT2D eigenvalue weighted by Gasteiger charge is 2.15. The lowest BCUT2D eigenvalue weighted by Gasteiger charge is -2.10. The van der Waals surface area contributed by atoms with Gasteiger partial charge in [-0.2, -0.15) is 0 Å². The number of nitrogens with zero attached hydrogens (tertiary/aromatic N) is 4. The molecule has 166 valence electrons. The molecule has 0 saturated heterocycles. The molecule has 0 unspecified atom stereocenters. The van der Waals surface area contributed by atoms with E-state index in [1.165, 1.54) is 28.7 Å². The fourth-order valence-corrected chi connectivity index (χ4v) is 4.86. The summed E-state index contributed by atoms with van der Waals surface area (Å²) in [5.41, 5.74) is 2.16. The molecule has 0 aliphatic rings. The number of anilines is 1. The van der Waals surface area contributed by atoms with Crippen molar-refractivity contribution < 1.29 is 9.53 Å². The second kappa shape index (κ2) is 10.1. The Morgan fingerprint density at radius 2 is 1.94 bits per heavy atom. The molecule has 32 heavy (non-hydrogen) atoms. The molecule has 2 heterocycles. The van der Waals surface area contributed by atoms with E-state index in [4.69, 9.17) is 4.74 Å². The average Bonchev–Trinajstić information content (AvgIpc) is 3.39. The van der Waals surface area contributed by atoms with Gasteiger partial charge >= 0.3 is 0 Å². The Labute approximate surface area is 195 Å². The second-order valence-corrected chi connectivity index (χ2v) is 9.45. The Kier molecular flexibility index (Phi) is 7.06. The van der Waals surface area contributed by atoms with Gasteiger partial charge in [-0.05, 0) is 42.7 Å². The lowest BCUT2D eigenvalue weighted by atomic mass is 10.0. The fraction of sp³-hybridized carbons (Fsp3) is 0.304. The van der Waals surface area contributed by atoms with Gasteiger partial charge in [0.1, 0.15) is 12.4 Å². The van der Waals surface area contributed by atoms with Gasteiger partial charge in [0.05, 0.1) is 16.0 Å². The molecule has 0 aliphatic heterocycles. The number of nitrogens with one attached hydrogen (secondary N) is 1. The van der Waals surface area contributed by atoms with E-state index in [2.05, 4.69) is 46.5 Å².